The number of nitrogens with zero attached hydrogens (tertiary/aromatic N) is 4. The monoisotopic (exact) mass is 525 g/mol. The van der Waals surface area contributed by atoms with Crippen molar-refractivity contribution in [1.82, 2.24) is 20.3 Å². The van der Waals surface area contributed by atoms with Crippen LogP contribution in [-0.2, 0) is 14.3 Å². The van der Waals surface area contributed by atoms with Crippen LogP contribution in [0.15, 0.2) is 23.5 Å². The number of rotatable bonds is 7. The zero-order valence-corrected chi connectivity index (χ0v) is 20.3. The third-order valence-electron chi connectivity index (χ3n) is 7.43. The minimum atomic E-state index is -1.58. The largest absolute Gasteiger partial charge is 0.394 e. The maximum absolute atomic E-state index is 13.8. The summed E-state index contributed by atoms with van der Waals surface area (Å²) < 4.78 is 54.0. The topological polar surface area (TPSA) is 123 Å². The summed E-state index contributed by atoms with van der Waals surface area (Å²) in [5.74, 6) is -3.87. The molecule has 2 aromatic rings. The van der Waals surface area contributed by atoms with Gasteiger partial charge in [0.25, 0.3) is 0 Å². The molecule has 13 heteroatoms. The fourth-order valence-electron chi connectivity index (χ4n) is 5.46. The minimum Gasteiger partial charge on any atom is -0.394 e. The Hall–Kier alpha value is -2.58. The van der Waals surface area contributed by atoms with Gasteiger partial charge in [0.05, 0.1) is 24.6 Å². The lowest BCUT2D eigenvalue weighted by atomic mass is 9.86. The molecule has 0 bridgehead atoms. The van der Waals surface area contributed by atoms with Crippen LogP contribution in [0.1, 0.15) is 31.7 Å². The summed E-state index contributed by atoms with van der Waals surface area (Å²) in [6.45, 7) is 1.44. The fourth-order valence-corrected chi connectivity index (χ4v) is 5.46. The Labute approximate surface area is 211 Å². The molecular formula is C24H30F3N5O5. The van der Waals surface area contributed by atoms with Gasteiger partial charge in [0, 0.05) is 31.4 Å². The second-order valence-corrected chi connectivity index (χ2v) is 9.71. The van der Waals surface area contributed by atoms with E-state index in [1.165, 1.54) is 18.0 Å². The second-order valence-electron chi connectivity index (χ2n) is 9.71. The molecule has 0 radical (unpaired) electrons. The van der Waals surface area contributed by atoms with Crippen molar-refractivity contribution in [3.63, 3.8) is 0 Å². The molecule has 6 atom stereocenters. The normalized spacial score (nSPS) is 30.8. The average Bonchev–Trinajstić information content (AvgIpc) is 3.58. The molecular weight excluding hydrogens is 495 g/mol. The summed E-state index contributed by atoms with van der Waals surface area (Å²) in [6, 6.07) is 0.787. The van der Waals surface area contributed by atoms with E-state index in [4.69, 9.17) is 14.3 Å². The smallest absolute Gasteiger partial charge is 0.194 e. The molecule has 202 valence electrons. The number of halogens is 3. The maximum atomic E-state index is 13.8. The van der Waals surface area contributed by atoms with E-state index in [2.05, 4.69) is 20.8 Å². The van der Waals surface area contributed by atoms with E-state index in [0.29, 0.717) is 18.8 Å². The molecule has 3 aliphatic heterocycles. The molecule has 4 heterocycles. The van der Waals surface area contributed by atoms with Crippen molar-refractivity contribution in [3.8, 4) is 11.3 Å². The molecule has 2 fully saturated rings. The van der Waals surface area contributed by atoms with Crippen molar-refractivity contribution in [2.24, 2.45) is 11.1 Å². The molecule has 1 unspecified atom stereocenters. The molecule has 0 spiro atoms. The Morgan fingerprint density at radius 1 is 1.16 bits per heavy atom. The summed E-state index contributed by atoms with van der Waals surface area (Å²) in [4.78, 5) is 5.73. The molecule has 0 amide bonds. The van der Waals surface area contributed by atoms with E-state index in [-0.39, 0.29) is 17.4 Å². The Balaban J connectivity index is 1.35. The van der Waals surface area contributed by atoms with Crippen molar-refractivity contribution >= 4 is 5.71 Å². The first-order valence-corrected chi connectivity index (χ1v) is 12.4. The molecule has 2 saturated heterocycles. The lowest BCUT2D eigenvalue weighted by Crippen LogP contribution is -2.57. The zero-order valence-electron chi connectivity index (χ0n) is 20.3. The van der Waals surface area contributed by atoms with Gasteiger partial charge in [0.2, 0.25) is 0 Å². The summed E-state index contributed by atoms with van der Waals surface area (Å²) in [5.41, 5.74) is 0.857. The summed E-state index contributed by atoms with van der Waals surface area (Å²) >= 11 is 0. The average molecular weight is 526 g/mol. The molecule has 3 aliphatic rings. The van der Waals surface area contributed by atoms with E-state index in [1.54, 1.807) is 0 Å². The van der Waals surface area contributed by atoms with Crippen molar-refractivity contribution < 1.29 is 37.7 Å². The van der Waals surface area contributed by atoms with Crippen molar-refractivity contribution in [1.29, 1.82) is 0 Å². The molecule has 5 rings (SSSR count). The molecule has 0 saturated carbocycles. The van der Waals surface area contributed by atoms with Crippen LogP contribution in [0.3, 0.4) is 0 Å². The highest BCUT2D eigenvalue weighted by Crippen LogP contribution is 2.36. The summed E-state index contributed by atoms with van der Waals surface area (Å²) in [7, 11) is 1.47. The number of aliphatic hydroxyl groups is 2. The number of oxime groups is 1. The molecule has 10 nitrogen and oxygen atoms in total. The first-order chi connectivity index (χ1) is 17.9. The number of nitrogens with one attached hydrogen (secondary N) is 1. The minimum absolute atomic E-state index is 0.00563. The Bertz CT molecular complexity index is 1100. The fraction of sp³-hybridized carbons (Fsp3) is 0.625. The number of methoxy groups -OCH3 is 1. The van der Waals surface area contributed by atoms with E-state index in [1.807, 2.05) is 0 Å². The predicted octanol–water partition coefficient (Wildman–Crippen LogP) is 1.57. The van der Waals surface area contributed by atoms with Gasteiger partial charge in [0.15, 0.2) is 17.5 Å². The number of hydrogen-bond acceptors (Lipinski definition) is 9. The van der Waals surface area contributed by atoms with E-state index >= 15 is 0 Å². The lowest BCUT2D eigenvalue weighted by molar-refractivity contribution is -0.210. The zero-order chi connectivity index (χ0) is 26.1. The SMILES string of the molecule is CO[C@@H]1[C@@H](n2cc(-c3cc(F)c(F)c(F)c3)nn2)[C@@H](O)[C@@H](CO)O[C@@H]1CC1=NOC(C2CCNCC2)C1. The van der Waals surface area contributed by atoms with Gasteiger partial charge in [-0.15, -0.1) is 5.10 Å². The van der Waals surface area contributed by atoms with Gasteiger partial charge in [-0.25, -0.2) is 17.9 Å². The maximum Gasteiger partial charge on any atom is 0.194 e. The van der Waals surface area contributed by atoms with Crippen molar-refractivity contribution in [3.05, 3.63) is 35.8 Å². The van der Waals surface area contributed by atoms with E-state index < -0.39 is 54.5 Å². The number of aliphatic hydroxyl groups excluding tert-OH is 2. The van der Waals surface area contributed by atoms with Gasteiger partial charge in [-0.1, -0.05) is 10.4 Å². The van der Waals surface area contributed by atoms with Crippen LogP contribution in [0.2, 0.25) is 0 Å². The number of aromatic nitrogens is 3. The van der Waals surface area contributed by atoms with Crippen LogP contribution >= 0.6 is 0 Å². The first-order valence-electron chi connectivity index (χ1n) is 12.4. The summed E-state index contributed by atoms with van der Waals surface area (Å²) in [5, 5.41) is 36.5. The standard InChI is InChI=1S/C24H30F3N5O5/c1-35-24-19(9-14-8-18(37-30-14)12-2-4-28-5-3-12)36-20(11-33)23(34)22(24)32-10-17(29-31-32)13-6-15(25)21(27)16(26)7-13/h6-7,10,12,18-20,22-24,28,33-34H,2-5,8-9,11H2,1H3/t18?,19-,20-,22+,23+,24+/m1/s1. The van der Waals surface area contributed by atoms with Gasteiger partial charge < -0.3 is 29.8 Å². The van der Waals surface area contributed by atoms with Crippen LogP contribution in [0.25, 0.3) is 11.3 Å². The highest BCUT2D eigenvalue weighted by Gasteiger charge is 2.48. The Kier molecular flexibility index (Phi) is 7.77. The van der Waals surface area contributed by atoms with Crippen molar-refractivity contribution in [2.75, 3.05) is 26.8 Å². The third-order valence-corrected chi connectivity index (χ3v) is 7.43. The highest BCUT2D eigenvalue weighted by atomic mass is 19.2. The molecule has 0 aliphatic carbocycles. The molecule has 3 N–H and O–H groups in total. The van der Waals surface area contributed by atoms with E-state index in [9.17, 15) is 23.4 Å². The number of hydrogen-bond donors (Lipinski definition) is 3. The Morgan fingerprint density at radius 3 is 2.57 bits per heavy atom. The van der Waals surface area contributed by atoms with Crippen LogP contribution < -0.4 is 5.32 Å². The van der Waals surface area contributed by atoms with Crippen LogP contribution in [0.4, 0.5) is 13.2 Å². The van der Waals surface area contributed by atoms with Crippen LogP contribution in [-0.4, -0.2) is 88.2 Å². The van der Waals surface area contributed by atoms with Gasteiger partial charge in [-0.3, -0.25) is 0 Å². The Morgan fingerprint density at radius 2 is 1.89 bits per heavy atom. The number of ether oxygens (including phenoxy) is 2. The van der Waals surface area contributed by atoms with E-state index in [0.717, 1.165) is 43.8 Å². The summed E-state index contributed by atoms with van der Waals surface area (Å²) in [6.07, 6.45) is 0.939. The number of benzene rings is 1. The molecule has 37 heavy (non-hydrogen) atoms. The molecule has 1 aromatic carbocycles. The van der Waals surface area contributed by atoms with Gasteiger partial charge in [-0.05, 0) is 38.1 Å². The van der Waals surface area contributed by atoms with Crippen molar-refractivity contribution in [2.45, 2.75) is 62.2 Å². The van der Waals surface area contributed by atoms with Gasteiger partial charge in [0.1, 0.15) is 36.2 Å². The number of piperidine rings is 1. The van der Waals surface area contributed by atoms with Crippen LogP contribution in [0.5, 0.6) is 0 Å². The molecule has 1 aromatic heterocycles. The van der Waals surface area contributed by atoms with Gasteiger partial charge in [-0.2, -0.15) is 0 Å². The van der Waals surface area contributed by atoms with Gasteiger partial charge >= 0.3 is 0 Å². The predicted molar refractivity (Wildman–Crippen MR) is 124 cm³/mol. The lowest BCUT2D eigenvalue weighted by Gasteiger charge is -2.43. The first kappa shape index (κ1) is 26.0. The third kappa shape index (κ3) is 5.23. The second kappa shape index (κ2) is 11.0. The highest BCUT2D eigenvalue weighted by molar-refractivity contribution is 5.86. The van der Waals surface area contributed by atoms with Crippen LogP contribution in [0, 0.1) is 23.4 Å². The quantitative estimate of drug-likeness (QED) is 0.466.